The second-order valence-corrected chi connectivity index (χ2v) is 7.13. The first kappa shape index (κ1) is 19.1. The molecular weight excluding hydrogens is 406 g/mol. The first-order valence-electron chi connectivity index (χ1n) is 8.59. The molecule has 29 heavy (non-hydrogen) atoms. The Morgan fingerprint density at radius 2 is 1.90 bits per heavy atom. The maximum atomic E-state index is 13.0. The largest absolute Gasteiger partial charge is 0.435 e. The molecule has 10 heteroatoms. The van der Waals surface area contributed by atoms with Crippen molar-refractivity contribution in [3.8, 4) is 5.75 Å². The van der Waals surface area contributed by atoms with E-state index in [1.54, 1.807) is 35.9 Å². The standard InChI is InChI=1S/C19H15ClF2N4O3/c1-19(11-2-5-14(6-3-11)29-17(21)22)16(27)26(18(28)24-19)10-13-9-25-8-12(20)4-7-15(25)23-13/h2-9,17H,10H2,1H3,(H,24,28). The zero-order chi connectivity index (χ0) is 20.8. The van der Waals surface area contributed by atoms with Crippen LogP contribution in [0.4, 0.5) is 13.6 Å². The number of hydrogen-bond acceptors (Lipinski definition) is 4. The van der Waals surface area contributed by atoms with Crippen LogP contribution in [0.2, 0.25) is 5.02 Å². The highest BCUT2D eigenvalue weighted by atomic mass is 35.5. The van der Waals surface area contributed by atoms with Crippen molar-refractivity contribution < 1.29 is 23.1 Å². The third-order valence-corrected chi connectivity index (χ3v) is 4.94. The van der Waals surface area contributed by atoms with Crippen molar-refractivity contribution >= 4 is 29.2 Å². The number of imidazole rings is 1. The van der Waals surface area contributed by atoms with Crippen LogP contribution in [-0.4, -0.2) is 32.8 Å². The molecule has 4 rings (SSSR count). The van der Waals surface area contributed by atoms with Gasteiger partial charge in [0, 0.05) is 12.4 Å². The van der Waals surface area contributed by atoms with Gasteiger partial charge in [-0.15, -0.1) is 0 Å². The number of ether oxygens (including phenoxy) is 1. The molecule has 1 aliphatic rings. The van der Waals surface area contributed by atoms with Gasteiger partial charge in [-0.05, 0) is 36.8 Å². The average Bonchev–Trinajstić information content (AvgIpc) is 3.15. The molecule has 0 bridgehead atoms. The molecular formula is C19H15ClF2N4O3. The van der Waals surface area contributed by atoms with Crippen molar-refractivity contribution in [3.05, 3.63) is 65.1 Å². The smallest absolute Gasteiger partial charge is 0.387 e. The van der Waals surface area contributed by atoms with Gasteiger partial charge in [0.1, 0.15) is 16.9 Å². The molecule has 0 radical (unpaired) electrons. The van der Waals surface area contributed by atoms with Gasteiger partial charge in [0.05, 0.1) is 17.3 Å². The number of alkyl halides is 2. The highest BCUT2D eigenvalue weighted by Crippen LogP contribution is 2.31. The number of nitrogens with zero attached hydrogens (tertiary/aromatic N) is 3. The Kier molecular flexibility index (Phi) is 4.62. The van der Waals surface area contributed by atoms with Gasteiger partial charge in [-0.3, -0.25) is 9.69 Å². The van der Waals surface area contributed by atoms with E-state index >= 15 is 0 Å². The van der Waals surface area contributed by atoms with Crippen molar-refractivity contribution in [1.82, 2.24) is 19.6 Å². The molecule has 0 aliphatic carbocycles. The molecule has 1 aromatic carbocycles. The highest BCUT2D eigenvalue weighted by Gasteiger charge is 2.49. The molecule has 1 aliphatic heterocycles. The molecule has 150 valence electrons. The maximum absolute atomic E-state index is 13.0. The number of amides is 3. The third-order valence-electron chi connectivity index (χ3n) is 4.72. The summed E-state index contributed by atoms with van der Waals surface area (Å²) in [5, 5.41) is 3.19. The van der Waals surface area contributed by atoms with E-state index < -0.39 is 24.1 Å². The summed E-state index contributed by atoms with van der Waals surface area (Å²) in [5.74, 6) is -0.510. The highest BCUT2D eigenvalue weighted by molar-refractivity contribution is 6.30. The van der Waals surface area contributed by atoms with Gasteiger partial charge in [-0.25, -0.2) is 9.78 Å². The molecule has 1 atom stereocenters. The van der Waals surface area contributed by atoms with Gasteiger partial charge in [0.25, 0.3) is 5.91 Å². The molecule has 1 fully saturated rings. The van der Waals surface area contributed by atoms with Crippen molar-refractivity contribution in [2.24, 2.45) is 0 Å². The second kappa shape index (κ2) is 7.00. The fourth-order valence-electron chi connectivity index (χ4n) is 3.26. The zero-order valence-corrected chi connectivity index (χ0v) is 15.9. The van der Waals surface area contributed by atoms with Gasteiger partial charge in [0.15, 0.2) is 0 Å². The van der Waals surface area contributed by atoms with Gasteiger partial charge in [0.2, 0.25) is 0 Å². The molecule has 3 amide bonds. The topological polar surface area (TPSA) is 75.9 Å². The number of imide groups is 1. The van der Waals surface area contributed by atoms with Gasteiger partial charge in [-0.2, -0.15) is 8.78 Å². The van der Waals surface area contributed by atoms with Gasteiger partial charge >= 0.3 is 12.6 Å². The van der Waals surface area contributed by atoms with Crippen LogP contribution >= 0.6 is 11.6 Å². The van der Waals surface area contributed by atoms with E-state index in [1.165, 1.54) is 24.3 Å². The minimum Gasteiger partial charge on any atom is -0.435 e. The number of carbonyl (C=O) groups is 2. The number of fused-ring (bicyclic) bond motifs is 1. The molecule has 7 nitrogen and oxygen atoms in total. The first-order chi connectivity index (χ1) is 13.8. The number of benzene rings is 1. The lowest BCUT2D eigenvalue weighted by Gasteiger charge is -2.22. The summed E-state index contributed by atoms with van der Waals surface area (Å²) in [6.45, 7) is -1.41. The fourth-order valence-corrected chi connectivity index (χ4v) is 3.43. The maximum Gasteiger partial charge on any atom is 0.387 e. The lowest BCUT2D eigenvalue weighted by Crippen LogP contribution is -2.40. The van der Waals surface area contributed by atoms with E-state index in [9.17, 15) is 18.4 Å². The van der Waals surface area contributed by atoms with Crippen LogP contribution in [0.1, 0.15) is 18.2 Å². The summed E-state index contributed by atoms with van der Waals surface area (Å²) in [6, 6.07) is 8.42. The minimum atomic E-state index is -2.94. The van der Waals surface area contributed by atoms with E-state index in [2.05, 4.69) is 15.0 Å². The fraction of sp³-hybridized carbons (Fsp3) is 0.211. The summed E-state index contributed by atoms with van der Waals surface area (Å²) in [4.78, 5) is 30.9. The average molecular weight is 421 g/mol. The Morgan fingerprint density at radius 1 is 1.17 bits per heavy atom. The summed E-state index contributed by atoms with van der Waals surface area (Å²) in [6.07, 6.45) is 3.36. The number of hydrogen-bond donors (Lipinski definition) is 1. The van der Waals surface area contributed by atoms with Crippen molar-refractivity contribution in [3.63, 3.8) is 0 Å². The number of halogens is 3. The minimum absolute atomic E-state index is 0.0217. The Bertz CT molecular complexity index is 1100. The number of carbonyl (C=O) groups excluding carboxylic acids is 2. The van der Waals surface area contributed by atoms with Crippen LogP contribution in [0, 0.1) is 0 Å². The Balaban J connectivity index is 1.57. The molecule has 3 heterocycles. The van der Waals surface area contributed by atoms with Crippen molar-refractivity contribution in [1.29, 1.82) is 0 Å². The van der Waals surface area contributed by atoms with Crippen LogP contribution in [0.25, 0.3) is 5.65 Å². The normalized spacial score (nSPS) is 19.3. The molecule has 0 spiro atoms. The predicted molar refractivity (Wildman–Crippen MR) is 99.7 cm³/mol. The third kappa shape index (κ3) is 3.49. The van der Waals surface area contributed by atoms with E-state index in [0.29, 0.717) is 21.9 Å². The molecule has 0 saturated carbocycles. The van der Waals surface area contributed by atoms with Crippen LogP contribution in [0.5, 0.6) is 5.75 Å². The van der Waals surface area contributed by atoms with Gasteiger partial charge in [-0.1, -0.05) is 23.7 Å². The molecule has 2 aromatic heterocycles. The quantitative estimate of drug-likeness (QED) is 0.640. The van der Waals surface area contributed by atoms with Crippen LogP contribution < -0.4 is 10.1 Å². The summed E-state index contributed by atoms with van der Waals surface area (Å²) < 4.78 is 30.6. The van der Waals surface area contributed by atoms with Crippen molar-refractivity contribution in [2.75, 3.05) is 0 Å². The summed E-state index contributed by atoms with van der Waals surface area (Å²) in [5.41, 5.74) is 0.263. The van der Waals surface area contributed by atoms with E-state index in [-0.39, 0.29) is 12.3 Å². The molecule has 1 saturated heterocycles. The van der Waals surface area contributed by atoms with Crippen LogP contribution in [0.15, 0.2) is 48.8 Å². The Labute approximate surface area is 168 Å². The van der Waals surface area contributed by atoms with Crippen LogP contribution in [0.3, 0.4) is 0 Å². The van der Waals surface area contributed by atoms with E-state index in [4.69, 9.17) is 11.6 Å². The lowest BCUT2D eigenvalue weighted by molar-refractivity contribution is -0.131. The van der Waals surface area contributed by atoms with E-state index in [0.717, 1.165) is 4.90 Å². The number of rotatable bonds is 5. The monoisotopic (exact) mass is 420 g/mol. The molecule has 3 aromatic rings. The molecule has 1 N–H and O–H groups in total. The Morgan fingerprint density at radius 3 is 2.59 bits per heavy atom. The second-order valence-electron chi connectivity index (χ2n) is 6.69. The SMILES string of the molecule is CC1(c2ccc(OC(F)F)cc2)NC(=O)N(Cc2cn3cc(Cl)ccc3n2)C1=O. The van der Waals surface area contributed by atoms with Gasteiger partial charge < -0.3 is 14.5 Å². The number of aromatic nitrogens is 2. The predicted octanol–water partition coefficient (Wildman–Crippen LogP) is 3.56. The number of urea groups is 1. The van der Waals surface area contributed by atoms with E-state index in [1.807, 2.05) is 0 Å². The number of nitrogens with one attached hydrogen (secondary N) is 1. The zero-order valence-electron chi connectivity index (χ0n) is 15.1. The summed E-state index contributed by atoms with van der Waals surface area (Å²) in [7, 11) is 0. The molecule has 1 unspecified atom stereocenters. The van der Waals surface area contributed by atoms with Crippen LogP contribution in [-0.2, 0) is 16.9 Å². The van der Waals surface area contributed by atoms with Crippen molar-refractivity contribution in [2.45, 2.75) is 25.6 Å². The summed E-state index contributed by atoms with van der Waals surface area (Å²) >= 11 is 5.96. The number of pyridine rings is 1. The first-order valence-corrected chi connectivity index (χ1v) is 8.97. The Hall–Kier alpha value is -3.20. The lowest BCUT2D eigenvalue weighted by atomic mass is 9.92.